The Labute approximate surface area is 113 Å². The van der Waals surface area contributed by atoms with Crippen molar-refractivity contribution < 1.29 is 18.4 Å². The van der Waals surface area contributed by atoms with E-state index in [-0.39, 0.29) is 30.1 Å². The average Bonchev–Trinajstić information content (AvgIpc) is 2.91. The van der Waals surface area contributed by atoms with Crippen molar-refractivity contribution in [1.82, 2.24) is 10.1 Å². The Hall–Kier alpha value is -2.64. The number of esters is 1. The van der Waals surface area contributed by atoms with Gasteiger partial charge in [-0.25, -0.2) is 9.18 Å². The topological polar surface area (TPSA) is 103 Å². The van der Waals surface area contributed by atoms with Crippen molar-refractivity contribution in [3.8, 4) is 0 Å². The highest BCUT2D eigenvalue weighted by molar-refractivity contribution is 5.96. The maximum absolute atomic E-state index is 13.7. The Bertz CT molecular complexity index is 601. The van der Waals surface area contributed by atoms with Crippen molar-refractivity contribution in [2.24, 2.45) is 0 Å². The number of aromatic nitrogens is 2. The second kappa shape index (κ2) is 6.00. The van der Waals surface area contributed by atoms with Crippen LogP contribution in [0.3, 0.4) is 0 Å². The van der Waals surface area contributed by atoms with E-state index in [1.807, 2.05) is 0 Å². The predicted molar refractivity (Wildman–Crippen MR) is 68.4 cm³/mol. The number of hydrogen-bond donors (Lipinski definition) is 2. The Kier molecular flexibility index (Phi) is 4.14. The highest BCUT2D eigenvalue weighted by Crippen LogP contribution is 2.23. The average molecular weight is 280 g/mol. The minimum atomic E-state index is -0.604. The van der Waals surface area contributed by atoms with E-state index in [1.165, 1.54) is 12.5 Å². The Morgan fingerprint density at radius 1 is 1.55 bits per heavy atom. The van der Waals surface area contributed by atoms with E-state index < -0.39 is 11.8 Å². The molecule has 2 rings (SSSR count). The number of carbonyl (C=O) groups is 1. The van der Waals surface area contributed by atoms with Gasteiger partial charge in [-0.05, 0) is 19.1 Å². The number of nitrogens with one attached hydrogen (secondary N) is 1. The van der Waals surface area contributed by atoms with Crippen LogP contribution in [0.25, 0.3) is 0 Å². The zero-order chi connectivity index (χ0) is 14.5. The van der Waals surface area contributed by atoms with Gasteiger partial charge in [0.2, 0.25) is 6.39 Å². The fraction of sp³-hybridized carbons (Fsp3) is 0.250. The summed E-state index contributed by atoms with van der Waals surface area (Å²) in [5, 5.41) is 6.33. The molecule has 0 amide bonds. The first-order valence-electron chi connectivity index (χ1n) is 5.87. The summed E-state index contributed by atoms with van der Waals surface area (Å²) in [4.78, 5) is 15.5. The molecule has 0 aliphatic rings. The smallest absolute Gasteiger partial charge is 0.340 e. The molecule has 0 fully saturated rings. The number of hydrogen-bond acceptors (Lipinski definition) is 7. The SMILES string of the molecule is CCOC(=O)c1cc(NCc2ncon2)c(F)cc1N. The molecule has 0 radical (unpaired) electrons. The number of nitrogen functional groups attached to an aromatic ring is 1. The molecule has 0 unspecified atom stereocenters. The normalized spacial score (nSPS) is 10.3. The van der Waals surface area contributed by atoms with Crippen LogP contribution in [0, 0.1) is 5.82 Å². The summed E-state index contributed by atoms with van der Waals surface area (Å²) >= 11 is 0. The van der Waals surface area contributed by atoms with Gasteiger partial charge in [0.1, 0.15) is 5.82 Å². The predicted octanol–water partition coefficient (Wildman–Crippen LogP) is 1.58. The Balaban J connectivity index is 2.19. The van der Waals surface area contributed by atoms with Crippen LogP contribution >= 0.6 is 0 Å². The van der Waals surface area contributed by atoms with Gasteiger partial charge in [0.05, 0.1) is 24.4 Å². The zero-order valence-corrected chi connectivity index (χ0v) is 10.7. The fourth-order valence-electron chi connectivity index (χ4n) is 1.55. The van der Waals surface area contributed by atoms with Gasteiger partial charge < -0.3 is 20.3 Å². The van der Waals surface area contributed by atoms with Crippen LogP contribution in [0.4, 0.5) is 15.8 Å². The van der Waals surface area contributed by atoms with Gasteiger partial charge in [-0.2, -0.15) is 4.98 Å². The maximum Gasteiger partial charge on any atom is 0.340 e. The molecule has 0 saturated carbocycles. The number of carbonyl (C=O) groups excluding carboxylic acids is 1. The lowest BCUT2D eigenvalue weighted by atomic mass is 10.1. The number of nitrogens with zero attached hydrogens (tertiary/aromatic N) is 2. The van der Waals surface area contributed by atoms with Crippen LogP contribution in [-0.2, 0) is 11.3 Å². The van der Waals surface area contributed by atoms with Crippen LogP contribution in [0.15, 0.2) is 23.0 Å². The molecule has 0 saturated heterocycles. The van der Waals surface area contributed by atoms with Gasteiger partial charge in [-0.15, -0.1) is 0 Å². The van der Waals surface area contributed by atoms with Crippen molar-refractivity contribution in [3.05, 3.63) is 35.7 Å². The Morgan fingerprint density at radius 3 is 3.00 bits per heavy atom. The van der Waals surface area contributed by atoms with E-state index in [1.54, 1.807) is 6.92 Å². The van der Waals surface area contributed by atoms with E-state index in [4.69, 9.17) is 10.5 Å². The maximum atomic E-state index is 13.7. The molecule has 1 aromatic heterocycles. The third-order valence-electron chi connectivity index (χ3n) is 2.48. The van der Waals surface area contributed by atoms with Gasteiger partial charge in [-0.3, -0.25) is 0 Å². The van der Waals surface area contributed by atoms with Crippen molar-refractivity contribution in [2.45, 2.75) is 13.5 Å². The first kappa shape index (κ1) is 13.8. The first-order chi connectivity index (χ1) is 9.61. The quantitative estimate of drug-likeness (QED) is 0.633. The van der Waals surface area contributed by atoms with E-state index in [9.17, 15) is 9.18 Å². The lowest BCUT2D eigenvalue weighted by Gasteiger charge is -2.10. The summed E-state index contributed by atoms with van der Waals surface area (Å²) in [5.41, 5.74) is 5.83. The van der Waals surface area contributed by atoms with Crippen LogP contribution < -0.4 is 11.1 Å². The van der Waals surface area contributed by atoms with Gasteiger partial charge in [0.15, 0.2) is 5.82 Å². The zero-order valence-electron chi connectivity index (χ0n) is 10.7. The monoisotopic (exact) mass is 280 g/mol. The summed E-state index contributed by atoms with van der Waals surface area (Å²) in [6, 6.07) is 2.35. The van der Waals surface area contributed by atoms with Gasteiger partial charge in [0, 0.05) is 5.69 Å². The molecule has 1 heterocycles. The summed E-state index contributed by atoms with van der Waals surface area (Å²) in [6.45, 7) is 2.04. The summed E-state index contributed by atoms with van der Waals surface area (Å²) in [5.74, 6) is -0.828. The number of ether oxygens (including phenoxy) is 1. The van der Waals surface area contributed by atoms with Gasteiger partial charge >= 0.3 is 5.97 Å². The highest BCUT2D eigenvalue weighted by atomic mass is 19.1. The second-order valence-corrected chi connectivity index (χ2v) is 3.84. The second-order valence-electron chi connectivity index (χ2n) is 3.84. The van der Waals surface area contributed by atoms with Crippen molar-refractivity contribution in [3.63, 3.8) is 0 Å². The summed E-state index contributed by atoms with van der Waals surface area (Å²) < 4.78 is 23.2. The molecule has 0 spiro atoms. The minimum Gasteiger partial charge on any atom is -0.462 e. The first-order valence-corrected chi connectivity index (χ1v) is 5.87. The third kappa shape index (κ3) is 3.02. The number of nitrogens with two attached hydrogens (primary N) is 1. The summed E-state index contributed by atoms with van der Waals surface area (Å²) in [6.07, 6.45) is 1.17. The lowest BCUT2D eigenvalue weighted by Crippen LogP contribution is -2.11. The molecule has 0 aliphatic carbocycles. The van der Waals surface area contributed by atoms with Crippen molar-refractivity contribution in [2.75, 3.05) is 17.7 Å². The molecule has 0 bridgehead atoms. The lowest BCUT2D eigenvalue weighted by molar-refractivity contribution is 0.0527. The molecule has 2 aromatic rings. The van der Waals surface area contributed by atoms with Crippen LogP contribution in [-0.4, -0.2) is 22.7 Å². The molecular weight excluding hydrogens is 267 g/mol. The standard InChI is InChI=1S/C12H13FN4O3/c1-2-19-12(18)7-3-10(8(13)4-9(7)14)15-5-11-16-6-20-17-11/h3-4,6,15H,2,5,14H2,1H3. The van der Waals surface area contributed by atoms with E-state index in [2.05, 4.69) is 20.0 Å². The highest BCUT2D eigenvalue weighted by Gasteiger charge is 2.15. The van der Waals surface area contributed by atoms with Crippen LogP contribution in [0.5, 0.6) is 0 Å². The van der Waals surface area contributed by atoms with Crippen molar-refractivity contribution in [1.29, 1.82) is 0 Å². The molecule has 20 heavy (non-hydrogen) atoms. The van der Waals surface area contributed by atoms with Gasteiger partial charge in [0.25, 0.3) is 0 Å². The number of rotatable bonds is 5. The minimum absolute atomic E-state index is 0.0195. The molecule has 106 valence electrons. The number of halogens is 1. The largest absolute Gasteiger partial charge is 0.462 e. The number of benzene rings is 1. The van der Waals surface area contributed by atoms with Gasteiger partial charge in [-0.1, -0.05) is 5.16 Å². The summed E-state index contributed by atoms with van der Waals surface area (Å²) in [7, 11) is 0. The molecule has 8 heteroatoms. The molecule has 0 atom stereocenters. The molecule has 7 nitrogen and oxygen atoms in total. The van der Waals surface area contributed by atoms with E-state index in [0.717, 1.165) is 6.07 Å². The third-order valence-corrected chi connectivity index (χ3v) is 2.48. The molecule has 0 aliphatic heterocycles. The van der Waals surface area contributed by atoms with E-state index >= 15 is 0 Å². The fourth-order valence-corrected chi connectivity index (χ4v) is 1.55. The molecule has 3 N–H and O–H groups in total. The molecular formula is C12H13FN4O3. The van der Waals surface area contributed by atoms with Crippen molar-refractivity contribution >= 4 is 17.3 Å². The molecule has 1 aromatic carbocycles. The van der Waals surface area contributed by atoms with Crippen LogP contribution in [0.2, 0.25) is 0 Å². The van der Waals surface area contributed by atoms with E-state index in [0.29, 0.717) is 5.82 Å². The van der Waals surface area contributed by atoms with Crippen LogP contribution in [0.1, 0.15) is 23.1 Å². The Morgan fingerprint density at radius 2 is 2.35 bits per heavy atom. The number of anilines is 2.